The van der Waals surface area contributed by atoms with E-state index in [9.17, 15) is 0 Å². The van der Waals surface area contributed by atoms with Crippen molar-refractivity contribution >= 4 is 17.4 Å². The Morgan fingerprint density at radius 2 is 2.24 bits per heavy atom. The van der Waals surface area contributed by atoms with Crippen LogP contribution in [0, 0.1) is 6.92 Å². The van der Waals surface area contributed by atoms with Gasteiger partial charge in [-0.2, -0.15) is 4.98 Å². The second-order valence-electron chi connectivity index (χ2n) is 3.35. The molecule has 0 spiro atoms. The fraction of sp³-hybridized carbons (Fsp3) is 0.300. The Balaban J connectivity index is 2.44. The number of hydrogen-bond acceptors (Lipinski definition) is 5. The number of aryl methyl sites for hydroxylation is 1. The number of rotatable bonds is 3. The maximum absolute atomic E-state index is 5.84. The minimum Gasteiger partial charge on any atom is -0.478 e. The molecule has 2 aromatic rings. The maximum atomic E-state index is 5.84. The van der Waals surface area contributed by atoms with Crippen molar-refractivity contribution in [1.29, 1.82) is 0 Å². The molecule has 0 atom stereocenters. The lowest BCUT2D eigenvalue weighted by atomic mass is 10.5. The molecule has 2 aromatic heterocycles. The number of nitrogen functional groups attached to an aromatic ring is 1. The first-order valence-corrected chi connectivity index (χ1v) is 5.47. The van der Waals surface area contributed by atoms with Gasteiger partial charge < -0.3 is 10.5 Å². The highest BCUT2D eigenvalue weighted by Crippen LogP contribution is 2.19. The van der Waals surface area contributed by atoms with E-state index in [0.29, 0.717) is 29.2 Å². The van der Waals surface area contributed by atoms with Gasteiger partial charge in [0.2, 0.25) is 5.88 Å². The fourth-order valence-corrected chi connectivity index (χ4v) is 1.48. The van der Waals surface area contributed by atoms with Crippen LogP contribution in [0.5, 0.6) is 5.88 Å². The molecule has 0 bridgehead atoms. The van der Waals surface area contributed by atoms with Crippen LogP contribution in [0.4, 0.5) is 5.82 Å². The Kier molecular flexibility index (Phi) is 3.14. The van der Waals surface area contributed by atoms with Crippen LogP contribution in [-0.2, 0) is 0 Å². The van der Waals surface area contributed by atoms with Crippen molar-refractivity contribution in [2.24, 2.45) is 0 Å². The number of halogens is 1. The summed E-state index contributed by atoms with van der Waals surface area (Å²) in [5.74, 6) is 1.93. The van der Waals surface area contributed by atoms with E-state index >= 15 is 0 Å². The van der Waals surface area contributed by atoms with Crippen molar-refractivity contribution in [3.63, 3.8) is 0 Å². The molecule has 0 radical (unpaired) electrons. The van der Waals surface area contributed by atoms with Gasteiger partial charge in [0.15, 0.2) is 11.6 Å². The molecule has 0 saturated heterocycles. The van der Waals surface area contributed by atoms with E-state index in [1.54, 1.807) is 19.2 Å². The molecule has 0 fully saturated rings. The molecule has 2 rings (SSSR count). The summed E-state index contributed by atoms with van der Waals surface area (Å²) >= 11 is 5.84. The number of ether oxygens (including phenoxy) is 1. The third-order valence-electron chi connectivity index (χ3n) is 2.02. The highest BCUT2D eigenvalue weighted by molar-refractivity contribution is 6.32. The van der Waals surface area contributed by atoms with Gasteiger partial charge in [0.05, 0.1) is 12.8 Å². The minimum absolute atomic E-state index is 0.265. The van der Waals surface area contributed by atoms with E-state index in [2.05, 4.69) is 15.1 Å². The summed E-state index contributed by atoms with van der Waals surface area (Å²) in [6, 6.07) is 1.68. The van der Waals surface area contributed by atoms with Crippen molar-refractivity contribution in [3.05, 3.63) is 23.1 Å². The van der Waals surface area contributed by atoms with Gasteiger partial charge in [-0.25, -0.2) is 9.67 Å². The molecule has 17 heavy (non-hydrogen) atoms. The van der Waals surface area contributed by atoms with Gasteiger partial charge in [0.25, 0.3) is 0 Å². The molecule has 0 saturated carbocycles. The molecule has 0 aliphatic heterocycles. The average Bonchev–Trinajstić information content (AvgIpc) is 2.59. The van der Waals surface area contributed by atoms with E-state index in [1.165, 1.54) is 4.68 Å². The van der Waals surface area contributed by atoms with Gasteiger partial charge in [-0.15, -0.1) is 5.10 Å². The first-order chi connectivity index (χ1) is 8.10. The maximum Gasteiger partial charge on any atom is 0.218 e. The smallest absolute Gasteiger partial charge is 0.218 e. The third kappa shape index (κ3) is 2.47. The molecule has 2 N–H and O–H groups in total. The van der Waals surface area contributed by atoms with Crippen molar-refractivity contribution < 1.29 is 4.74 Å². The third-order valence-corrected chi connectivity index (χ3v) is 2.31. The second kappa shape index (κ2) is 4.58. The Bertz CT molecular complexity index is 520. The lowest BCUT2D eigenvalue weighted by molar-refractivity contribution is 0.325. The Labute approximate surface area is 103 Å². The zero-order valence-electron chi connectivity index (χ0n) is 9.51. The van der Waals surface area contributed by atoms with Crippen LogP contribution in [0.3, 0.4) is 0 Å². The predicted octanol–water partition coefficient (Wildman–Crippen LogP) is 1.61. The molecule has 0 aliphatic carbocycles. The van der Waals surface area contributed by atoms with Gasteiger partial charge in [-0.3, -0.25) is 0 Å². The van der Waals surface area contributed by atoms with Gasteiger partial charge >= 0.3 is 0 Å². The predicted molar refractivity (Wildman–Crippen MR) is 64.5 cm³/mol. The summed E-state index contributed by atoms with van der Waals surface area (Å²) in [4.78, 5) is 8.38. The van der Waals surface area contributed by atoms with Crippen LogP contribution in [-0.4, -0.2) is 26.4 Å². The normalized spacial score (nSPS) is 10.5. The van der Waals surface area contributed by atoms with Crippen molar-refractivity contribution in [1.82, 2.24) is 19.7 Å². The SMILES string of the molecule is CCOc1cc(-n2cc(Cl)c(N)n2)nc(C)n1. The standard InChI is InChI=1S/C10H12ClN5O/c1-3-17-9-4-8(13-6(2)14-9)16-5-7(11)10(12)15-16/h4-5H,3H2,1-2H3,(H2,12,15). The zero-order chi connectivity index (χ0) is 12.4. The highest BCUT2D eigenvalue weighted by atomic mass is 35.5. The molecule has 90 valence electrons. The summed E-state index contributed by atoms with van der Waals surface area (Å²) in [5, 5.41) is 4.43. The fourth-order valence-electron chi connectivity index (χ4n) is 1.35. The molecule has 0 unspecified atom stereocenters. The van der Waals surface area contributed by atoms with Crippen LogP contribution in [0.1, 0.15) is 12.7 Å². The summed E-state index contributed by atoms with van der Waals surface area (Å²) in [6.45, 7) is 4.21. The molecular formula is C10H12ClN5O. The zero-order valence-corrected chi connectivity index (χ0v) is 10.3. The topological polar surface area (TPSA) is 78.9 Å². The highest BCUT2D eigenvalue weighted by Gasteiger charge is 2.08. The van der Waals surface area contributed by atoms with Crippen LogP contribution in [0.15, 0.2) is 12.3 Å². The lowest BCUT2D eigenvalue weighted by Gasteiger charge is -2.05. The number of hydrogen-bond donors (Lipinski definition) is 1. The molecule has 6 nitrogen and oxygen atoms in total. The van der Waals surface area contributed by atoms with Gasteiger partial charge in [-0.05, 0) is 13.8 Å². The Morgan fingerprint density at radius 1 is 1.47 bits per heavy atom. The van der Waals surface area contributed by atoms with Crippen LogP contribution >= 0.6 is 11.6 Å². The van der Waals surface area contributed by atoms with E-state index in [4.69, 9.17) is 22.1 Å². The average molecular weight is 254 g/mol. The molecule has 0 aromatic carbocycles. The Morgan fingerprint density at radius 3 is 2.82 bits per heavy atom. The summed E-state index contributed by atoms with van der Waals surface area (Å²) in [6.07, 6.45) is 1.59. The minimum atomic E-state index is 0.265. The summed E-state index contributed by atoms with van der Waals surface area (Å²) in [7, 11) is 0. The number of aromatic nitrogens is 4. The van der Waals surface area contributed by atoms with Crippen LogP contribution in [0.2, 0.25) is 5.02 Å². The summed E-state index contributed by atoms with van der Waals surface area (Å²) < 4.78 is 6.82. The van der Waals surface area contributed by atoms with E-state index < -0.39 is 0 Å². The first-order valence-electron chi connectivity index (χ1n) is 5.09. The van der Waals surface area contributed by atoms with E-state index in [1.807, 2.05) is 6.92 Å². The van der Waals surface area contributed by atoms with Gasteiger partial charge in [0.1, 0.15) is 10.8 Å². The molecule has 0 amide bonds. The largest absolute Gasteiger partial charge is 0.478 e. The molecule has 2 heterocycles. The van der Waals surface area contributed by atoms with E-state index in [0.717, 1.165) is 0 Å². The number of nitrogens with zero attached hydrogens (tertiary/aromatic N) is 4. The van der Waals surface area contributed by atoms with Crippen molar-refractivity contribution in [2.75, 3.05) is 12.3 Å². The molecule has 0 aliphatic rings. The van der Waals surface area contributed by atoms with Crippen molar-refractivity contribution in [2.45, 2.75) is 13.8 Å². The van der Waals surface area contributed by atoms with Crippen LogP contribution in [0.25, 0.3) is 5.82 Å². The Hall–Kier alpha value is -1.82. The van der Waals surface area contributed by atoms with Gasteiger partial charge in [-0.1, -0.05) is 11.6 Å². The number of anilines is 1. The first kappa shape index (κ1) is 11.7. The quantitative estimate of drug-likeness (QED) is 0.899. The number of nitrogens with two attached hydrogens (primary N) is 1. The van der Waals surface area contributed by atoms with E-state index in [-0.39, 0.29) is 5.82 Å². The van der Waals surface area contributed by atoms with Crippen LogP contribution < -0.4 is 10.5 Å². The monoisotopic (exact) mass is 253 g/mol. The molecule has 7 heteroatoms. The van der Waals surface area contributed by atoms with Gasteiger partial charge in [0, 0.05) is 6.07 Å². The second-order valence-corrected chi connectivity index (χ2v) is 3.76. The molecular weight excluding hydrogens is 242 g/mol. The lowest BCUT2D eigenvalue weighted by Crippen LogP contribution is -2.04. The van der Waals surface area contributed by atoms with Crippen molar-refractivity contribution in [3.8, 4) is 11.7 Å². The summed E-state index contributed by atoms with van der Waals surface area (Å²) in [5.41, 5.74) is 5.57.